The second-order valence-electron chi connectivity index (χ2n) is 3.95. The van der Waals surface area contributed by atoms with Crippen LogP contribution in [0, 0.1) is 0 Å². The Labute approximate surface area is 89.9 Å². The van der Waals surface area contributed by atoms with E-state index < -0.39 is 5.92 Å². The molecule has 0 aromatic carbocycles. The van der Waals surface area contributed by atoms with Gasteiger partial charge < -0.3 is 9.47 Å². The molecule has 0 spiro atoms. The summed E-state index contributed by atoms with van der Waals surface area (Å²) in [4.78, 5) is 0. The lowest BCUT2D eigenvalue weighted by molar-refractivity contribution is -0.0239. The summed E-state index contributed by atoms with van der Waals surface area (Å²) in [6, 6.07) is 0. The topological polar surface area (TPSA) is 18.5 Å². The van der Waals surface area contributed by atoms with Gasteiger partial charge in [0, 0.05) is 32.5 Å². The van der Waals surface area contributed by atoms with Crippen molar-refractivity contribution in [2.75, 3.05) is 13.2 Å². The Morgan fingerprint density at radius 2 is 1.87 bits per heavy atom. The molecule has 2 unspecified atom stereocenters. The molecule has 0 aliphatic heterocycles. The van der Waals surface area contributed by atoms with Crippen molar-refractivity contribution in [2.45, 2.75) is 57.7 Å². The van der Waals surface area contributed by atoms with Crippen molar-refractivity contribution in [2.24, 2.45) is 0 Å². The molecule has 0 saturated heterocycles. The Morgan fingerprint density at radius 1 is 1.20 bits per heavy atom. The van der Waals surface area contributed by atoms with Crippen molar-refractivity contribution in [3.8, 4) is 0 Å². The van der Waals surface area contributed by atoms with Crippen LogP contribution in [0.2, 0.25) is 0 Å². The van der Waals surface area contributed by atoms with Crippen molar-refractivity contribution in [1.29, 1.82) is 0 Å². The van der Waals surface area contributed by atoms with Gasteiger partial charge in [-0.1, -0.05) is 6.92 Å². The highest BCUT2D eigenvalue weighted by molar-refractivity contribution is 4.89. The van der Waals surface area contributed by atoms with Crippen LogP contribution in [0.5, 0.6) is 0 Å². The minimum atomic E-state index is -2.52. The molecule has 2 atom stereocenters. The second kappa shape index (κ2) is 5.75. The van der Waals surface area contributed by atoms with E-state index >= 15 is 0 Å². The quantitative estimate of drug-likeness (QED) is 0.588. The van der Waals surface area contributed by atoms with Crippen molar-refractivity contribution >= 4 is 0 Å². The van der Waals surface area contributed by atoms with Crippen LogP contribution < -0.4 is 0 Å². The minimum absolute atomic E-state index is 0.0739. The van der Waals surface area contributed by atoms with Gasteiger partial charge in [0.1, 0.15) is 0 Å². The standard InChI is InChI=1S/C11H20F2O2/c1-3-11(12,13)6-5-7-15-10-8-9(10)14-4-2/h9-10H,3-8H2,1-2H3. The van der Waals surface area contributed by atoms with Crippen molar-refractivity contribution < 1.29 is 18.3 Å². The number of halogens is 2. The van der Waals surface area contributed by atoms with E-state index in [1.54, 1.807) is 0 Å². The third kappa shape index (κ3) is 4.89. The Morgan fingerprint density at radius 3 is 2.47 bits per heavy atom. The second-order valence-corrected chi connectivity index (χ2v) is 3.95. The first-order valence-electron chi connectivity index (χ1n) is 5.70. The first-order valence-corrected chi connectivity index (χ1v) is 5.70. The zero-order chi connectivity index (χ0) is 11.3. The van der Waals surface area contributed by atoms with Crippen molar-refractivity contribution in [3.05, 3.63) is 0 Å². The molecule has 4 heteroatoms. The maximum Gasteiger partial charge on any atom is 0.248 e. The van der Waals surface area contributed by atoms with Crippen molar-refractivity contribution in [1.82, 2.24) is 0 Å². The molecule has 1 aliphatic rings. The summed E-state index contributed by atoms with van der Waals surface area (Å²) < 4.78 is 36.3. The molecular weight excluding hydrogens is 202 g/mol. The molecule has 15 heavy (non-hydrogen) atoms. The van der Waals surface area contributed by atoms with E-state index in [0.29, 0.717) is 19.6 Å². The third-order valence-corrected chi connectivity index (χ3v) is 2.59. The SMILES string of the molecule is CCOC1CC1OCCCC(F)(F)CC. The van der Waals surface area contributed by atoms with Crippen LogP contribution in [0.25, 0.3) is 0 Å². The van der Waals surface area contributed by atoms with E-state index in [-0.39, 0.29) is 25.0 Å². The summed E-state index contributed by atoms with van der Waals surface area (Å²) in [6.45, 7) is 4.56. The summed E-state index contributed by atoms with van der Waals surface area (Å²) in [5.41, 5.74) is 0. The van der Waals surface area contributed by atoms with Crippen LogP contribution >= 0.6 is 0 Å². The van der Waals surface area contributed by atoms with Gasteiger partial charge in [0.05, 0.1) is 12.2 Å². The van der Waals surface area contributed by atoms with Crippen LogP contribution in [0.1, 0.15) is 39.5 Å². The van der Waals surface area contributed by atoms with Crippen LogP contribution in [0.3, 0.4) is 0 Å². The smallest absolute Gasteiger partial charge is 0.248 e. The molecule has 1 saturated carbocycles. The van der Waals surface area contributed by atoms with Crippen molar-refractivity contribution in [3.63, 3.8) is 0 Å². The van der Waals surface area contributed by atoms with E-state index in [0.717, 1.165) is 6.42 Å². The summed E-state index contributed by atoms with van der Waals surface area (Å²) in [5, 5.41) is 0. The Kier molecular flexibility index (Phi) is 4.93. The number of rotatable bonds is 8. The zero-order valence-corrected chi connectivity index (χ0v) is 9.47. The highest BCUT2D eigenvalue weighted by Gasteiger charge is 2.39. The number of alkyl halides is 2. The molecule has 0 aromatic heterocycles. The predicted octanol–water partition coefficient (Wildman–Crippen LogP) is 3.01. The molecule has 1 rings (SSSR count). The summed E-state index contributed by atoms with van der Waals surface area (Å²) in [6.07, 6.45) is 1.55. The first kappa shape index (κ1) is 12.8. The molecule has 0 bridgehead atoms. The van der Waals surface area contributed by atoms with Gasteiger partial charge >= 0.3 is 0 Å². The first-order chi connectivity index (χ1) is 7.09. The molecule has 0 heterocycles. The van der Waals surface area contributed by atoms with E-state index in [9.17, 15) is 8.78 Å². The molecule has 1 aliphatic carbocycles. The monoisotopic (exact) mass is 222 g/mol. The third-order valence-electron chi connectivity index (χ3n) is 2.59. The lowest BCUT2D eigenvalue weighted by atomic mass is 10.1. The zero-order valence-electron chi connectivity index (χ0n) is 9.47. The highest BCUT2D eigenvalue weighted by atomic mass is 19.3. The van der Waals surface area contributed by atoms with Gasteiger partial charge in [-0.15, -0.1) is 0 Å². The van der Waals surface area contributed by atoms with Gasteiger partial charge in [-0.25, -0.2) is 8.78 Å². The lowest BCUT2D eigenvalue weighted by Gasteiger charge is -2.13. The Hall–Kier alpha value is -0.220. The fraction of sp³-hybridized carbons (Fsp3) is 1.00. The molecule has 2 nitrogen and oxygen atoms in total. The number of hydrogen-bond donors (Lipinski definition) is 0. The molecule has 90 valence electrons. The maximum atomic E-state index is 12.8. The van der Waals surface area contributed by atoms with E-state index in [1.807, 2.05) is 6.92 Å². The maximum absolute atomic E-state index is 12.8. The lowest BCUT2D eigenvalue weighted by Crippen LogP contribution is -2.15. The Balaban J connectivity index is 1.95. The van der Waals surface area contributed by atoms with E-state index in [1.165, 1.54) is 6.92 Å². The molecule has 1 fully saturated rings. The normalized spacial score (nSPS) is 25.6. The average Bonchev–Trinajstić information content (AvgIpc) is 2.92. The fourth-order valence-electron chi connectivity index (χ4n) is 1.46. The molecule has 0 N–H and O–H groups in total. The number of hydrogen-bond acceptors (Lipinski definition) is 2. The van der Waals surface area contributed by atoms with Gasteiger partial charge in [-0.05, 0) is 13.3 Å². The molecule has 0 amide bonds. The van der Waals surface area contributed by atoms with Gasteiger partial charge in [-0.3, -0.25) is 0 Å². The largest absolute Gasteiger partial charge is 0.376 e. The van der Waals surface area contributed by atoms with Crippen LogP contribution in [-0.4, -0.2) is 31.3 Å². The summed E-state index contributed by atoms with van der Waals surface area (Å²) in [5.74, 6) is -2.52. The van der Waals surface area contributed by atoms with Crippen LogP contribution in [0.15, 0.2) is 0 Å². The fourth-order valence-corrected chi connectivity index (χ4v) is 1.46. The van der Waals surface area contributed by atoms with Gasteiger partial charge in [0.2, 0.25) is 5.92 Å². The van der Waals surface area contributed by atoms with E-state index in [2.05, 4.69) is 0 Å². The molecule has 0 aromatic rings. The van der Waals surface area contributed by atoms with Gasteiger partial charge in [0.25, 0.3) is 0 Å². The minimum Gasteiger partial charge on any atom is -0.376 e. The summed E-state index contributed by atoms with van der Waals surface area (Å²) >= 11 is 0. The molecular formula is C11H20F2O2. The average molecular weight is 222 g/mol. The highest BCUT2D eigenvalue weighted by Crippen LogP contribution is 2.30. The van der Waals surface area contributed by atoms with Gasteiger partial charge in [0.15, 0.2) is 0 Å². The summed E-state index contributed by atoms with van der Waals surface area (Å²) in [7, 11) is 0. The number of ether oxygens (including phenoxy) is 2. The van der Waals surface area contributed by atoms with Gasteiger partial charge in [-0.2, -0.15) is 0 Å². The predicted molar refractivity (Wildman–Crippen MR) is 54.2 cm³/mol. The van der Waals surface area contributed by atoms with Crippen LogP contribution in [-0.2, 0) is 9.47 Å². The Bertz CT molecular complexity index is 185. The van der Waals surface area contributed by atoms with Crippen LogP contribution in [0.4, 0.5) is 8.78 Å². The van der Waals surface area contributed by atoms with E-state index in [4.69, 9.17) is 9.47 Å². The molecule has 0 radical (unpaired) electrons.